The summed E-state index contributed by atoms with van der Waals surface area (Å²) >= 11 is 7.61. The maximum absolute atomic E-state index is 12.7. The molecule has 118 heavy (non-hydrogen) atoms. The lowest BCUT2D eigenvalue weighted by atomic mass is 10.1. The van der Waals surface area contributed by atoms with E-state index in [1.807, 2.05) is 172 Å². The summed E-state index contributed by atoms with van der Waals surface area (Å²) in [5.41, 5.74) is 6.66. The van der Waals surface area contributed by atoms with E-state index in [4.69, 9.17) is 18.7 Å². The number of carbonyl (C=O) groups is 4. The van der Waals surface area contributed by atoms with Crippen molar-refractivity contribution in [2.45, 2.75) is 93.1 Å². The second-order valence-corrected chi connectivity index (χ2v) is 35.8. The Bertz CT molecular complexity index is 5940. The maximum Gasteiger partial charge on any atom is 0.293 e. The van der Waals surface area contributed by atoms with Crippen LogP contribution in [-0.2, 0) is 79.4 Å². The van der Waals surface area contributed by atoms with Crippen LogP contribution in [-0.4, -0.2) is 121 Å². The summed E-state index contributed by atoms with van der Waals surface area (Å²) in [6.45, 7) is 13.1. The molecule has 8 aromatic carbocycles. The number of nitrogens with zero attached hydrogens (tertiary/aromatic N) is 9. The number of hydrogen-bond donors (Lipinski definition) is 4. The summed E-state index contributed by atoms with van der Waals surface area (Å²) in [6.07, 6.45) is 2.46. The highest BCUT2D eigenvalue weighted by molar-refractivity contribution is 9.10. The van der Waals surface area contributed by atoms with E-state index in [2.05, 4.69) is 72.4 Å². The zero-order valence-corrected chi connectivity index (χ0v) is 71.9. The van der Waals surface area contributed by atoms with Gasteiger partial charge in [0.2, 0.25) is 5.01 Å². The Morgan fingerprint density at radius 3 is 1.38 bits per heavy atom. The Balaban J connectivity index is 0.000000186. The summed E-state index contributed by atoms with van der Waals surface area (Å²) in [4.78, 5) is 59.9. The van der Waals surface area contributed by atoms with Crippen LogP contribution in [0.1, 0.15) is 107 Å². The Kier molecular flexibility index (Phi) is 30.7. The van der Waals surface area contributed by atoms with Crippen LogP contribution in [0.15, 0.2) is 263 Å². The molecule has 614 valence electrons. The van der Waals surface area contributed by atoms with Crippen molar-refractivity contribution in [1.29, 1.82) is 0 Å². The van der Waals surface area contributed by atoms with E-state index in [0.29, 0.717) is 93.4 Å². The normalized spacial score (nSPS) is 11.3. The molecule has 0 saturated carbocycles. The molecule has 0 fully saturated rings. The fourth-order valence-electron chi connectivity index (χ4n) is 11.4. The second-order valence-electron chi connectivity index (χ2n) is 25.9. The summed E-state index contributed by atoms with van der Waals surface area (Å²) in [5, 5.41) is 21.0. The van der Waals surface area contributed by atoms with Crippen LogP contribution < -0.4 is 48.4 Å². The summed E-state index contributed by atoms with van der Waals surface area (Å²) < 4.78 is 130. The molecule has 0 radical (unpaired) electrons. The topological polar surface area (TPSA) is 381 Å². The van der Waals surface area contributed by atoms with Gasteiger partial charge in [-0.2, -0.15) is 8.42 Å². The Morgan fingerprint density at radius 1 is 0.458 bits per heavy atom. The fraction of sp³-hybridized carbons (Fsp3) is 0.195. The molecule has 0 aliphatic rings. The van der Waals surface area contributed by atoms with Crippen molar-refractivity contribution in [2.75, 3.05) is 47.6 Å². The van der Waals surface area contributed by atoms with Gasteiger partial charge in [-0.15, -0.1) is 20.4 Å². The minimum atomic E-state index is -4.33. The molecule has 4 heterocycles. The summed E-state index contributed by atoms with van der Waals surface area (Å²) in [6, 6.07) is 66.3. The Morgan fingerprint density at radius 2 is 0.915 bits per heavy atom. The summed E-state index contributed by atoms with van der Waals surface area (Å²) in [7, 11) is -14.6. The standard InChI is InChI=1S/C30H30N2O6S2.C26H25BrN6O5S2.C26H26BrN5O5S/c1-3-32(26-16-14-24(15-17-26)30(33)31-40(36,37)27-12-8-5-9-13-27)21-25-20-28(39(2,34)35)18-19-29(25)38-22-23-10-6-4-7-11-23;1-3-33(15-19-13-20(27)10-11-21(19)38-16-17-7-5-4-6-8-17)22-12-9-18(14-29-22)23(34)32-40(36,37)26-31-30-25(39-26)24(35)28-2;1-4-32(15-20-14-21(27)10-12-23(20)36-16-19-8-6-5-7-9-19)24-13-11-22(28-29-24)26(33)31-38(34,35)25-17(2)30-37-18(25)3/h4-20H,3,21-22H2,1-2H3,(H,31,33);4-14H,3,15-16H2,1-2H3,(H,28,35)(H,32,34);5-14H,4,15-16H2,1-3H3,(H,31,33). The van der Waals surface area contributed by atoms with Gasteiger partial charge in [-0.3, -0.25) is 19.2 Å². The van der Waals surface area contributed by atoms with Gasteiger partial charge in [0, 0.05) is 95.7 Å². The van der Waals surface area contributed by atoms with E-state index in [-0.39, 0.29) is 48.0 Å². The number of rotatable bonds is 32. The molecule has 0 saturated heterocycles. The van der Waals surface area contributed by atoms with Gasteiger partial charge in [0.15, 0.2) is 32.0 Å². The van der Waals surface area contributed by atoms with Crippen molar-refractivity contribution in [1.82, 2.24) is 50.0 Å². The van der Waals surface area contributed by atoms with Crippen LogP contribution in [0.2, 0.25) is 0 Å². The third-order valence-electron chi connectivity index (χ3n) is 17.5. The molecule has 0 atom stereocenters. The van der Waals surface area contributed by atoms with Gasteiger partial charge in [0.1, 0.15) is 48.6 Å². The SMILES string of the molecule is CCN(Cc1cc(Br)ccc1OCc1ccccc1)c1ccc(C(=O)NS(=O)(=O)c2c(C)noc2C)nn1.CCN(Cc1cc(Br)ccc1OCc1ccccc1)c1ccc(C(=O)NS(=O)(=O)c2nnc(C(=O)NC)s2)cn1.CCN(Cc1cc(S(C)(=O)=O)ccc1OCc1ccccc1)c1ccc(C(=O)NS(=O)(=O)c2ccccc2)cc1. The number of sulfonamides is 3. The van der Waals surface area contributed by atoms with Crippen LogP contribution in [0.5, 0.6) is 17.2 Å². The number of sulfone groups is 1. The molecule has 4 aromatic heterocycles. The predicted molar refractivity (Wildman–Crippen MR) is 453 cm³/mol. The molecule has 29 nitrogen and oxygen atoms in total. The van der Waals surface area contributed by atoms with Crippen LogP contribution in [0.4, 0.5) is 17.3 Å². The van der Waals surface area contributed by atoms with E-state index in [1.54, 1.807) is 66.7 Å². The number of carbonyl (C=O) groups excluding carboxylic acids is 4. The summed E-state index contributed by atoms with van der Waals surface area (Å²) in [5.74, 6) is 0.130. The molecule has 0 aliphatic heterocycles. The number of hydrogen-bond acceptors (Lipinski definition) is 26. The van der Waals surface area contributed by atoms with Crippen LogP contribution in [0, 0.1) is 13.8 Å². The van der Waals surface area contributed by atoms with Crippen molar-refractivity contribution in [2.24, 2.45) is 0 Å². The van der Waals surface area contributed by atoms with Crippen molar-refractivity contribution >= 4 is 124 Å². The highest BCUT2D eigenvalue weighted by Crippen LogP contribution is 2.32. The van der Waals surface area contributed by atoms with Crippen LogP contribution >= 0.6 is 43.2 Å². The average Bonchev–Trinajstić information content (AvgIpc) is 1.77. The van der Waals surface area contributed by atoms with E-state index in [1.165, 1.54) is 57.4 Å². The number of aromatic nitrogens is 6. The maximum atomic E-state index is 12.7. The third-order valence-corrected chi connectivity index (χ3v) is 25.1. The first-order chi connectivity index (χ1) is 56.4. The number of ether oxygens (including phenoxy) is 3. The molecule has 4 N–H and O–H groups in total. The fourth-order valence-corrected chi connectivity index (χ4v) is 17.1. The first-order valence-corrected chi connectivity index (χ1v) is 45.0. The first-order valence-electron chi connectivity index (χ1n) is 36.2. The first kappa shape index (κ1) is 88.6. The predicted octanol–water partition coefficient (Wildman–Crippen LogP) is 13.2. The molecule has 12 aromatic rings. The number of nitrogens with one attached hydrogen (secondary N) is 4. The lowest BCUT2D eigenvalue weighted by Gasteiger charge is -2.25. The lowest BCUT2D eigenvalue weighted by Crippen LogP contribution is -2.32. The van der Waals surface area contributed by atoms with E-state index in [9.17, 15) is 52.8 Å². The second kappa shape index (κ2) is 40.9. The van der Waals surface area contributed by atoms with Crippen molar-refractivity contribution < 1.29 is 71.6 Å². The quantitative estimate of drug-likeness (QED) is 0.0304. The van der Waals surface area contributed by atoms with Crippen molar-refractivity contribution in [3.63, 3.8) is 0 Å². The molecule has 0 unspecified atom stereocenters. The molecular weight excluding hydrogens is 1740 g/mol. The van der Waals surface area contributed by atoms with Gasteiger partial charge in [-0.25, -0.2) is 44.4 Å². The molecule has 4 amide bonds. The number of anilines is 3. The molecular formula is C82H81Br2N13O16S5. The van der Waals surface area contributed by atoms with Gasteiger partial charge in [0.25, 0.3) is 58.0 Å². The largest absolute Gasteiger partial charge is 0.489 e. The Labute approximate surface area is 704 Å². The highest BCUT2D eigenvalue weighted by Gasteiger charge is 2.30. The van der Waals surface area contributed by atoms with E-state index < -0.39 is 67.9 Å². The van der Waals surface area contributed by atoms with Gasteiger partial charge in [0.05, 0.1) is 15.4 Å². The minimum absolute atomic E-state index is 0.00117. The van der Waals surface area contributed by atoms with E-state index >= 15 is 0 Å². The van der Waals surface area contributed by atoms with Gasteiger partial charge in [-0.1, -0.05) is 158 Å². The highest BCUT2D eigenvalue weighted by atomic mass is 79.9. The van der Waals surface area contributed by atoms with Gasteiger partial charge >= 0.3 is 0 Å². The number of benzene rings is 8. The molecule has 0 aliphatic carbocycles. The van der Waals surface area contributed by atoms with E-state index in [0.717, 1.165) is 60.2 Å². The average molecular weight is 1820 g/mol. The molecule has 0 bridgehead atoms. The zero-order chi connectivity index (χ0) is 84.7. The van der Waals surface area contributed by atoms with Crippen molar-refractivity contribution in [3.05, 3.63) is 306 Å². The minimum Gasteiger partial charge on any atom is -0.489 e. The molecule has 36 heteroatoms. The zero-order valence-electron chi connectivity index (χ0n) is 64.7. The van der Waals surface area contributed by atoms with Gasteiger partial charge in [-0.05, 0) is 167 Å². The number of amides is 4. The Hall–Kier alpha value is -11.8. The third kappa shape index (κ3) is 24.4. The number of halogens is 2. The number of aryl methyl sites for hydroxylation is 2. The smallest absolute Gasteiger partial charge is 0.293 e. The van der Waals surface area contributed by atoms with Gasteiger partial charge < -0.3 is 38.8 Å². The lowest BCUT2D eigenvalue weighted by molar-refractivity contribution is 0.0956. The number of pyridine rings is 1. The van der Waals surface area contributed by atoms with Crippen LogP contribution in [0.3, 0.4) is 0 Å². The van der Waals surface area contributed by atoms with Crippen molar-refractivity contribution in [3.8, 4) is 17.2 Å². The monoisotopic (exact) mass is 1820 g/mol. The molecule has 0 spiro atoms. The molecule has 12 rings (SSSR count). The van der Waals surface area contributed by atoms with Crippen LogP contribution in [0.25, 0.3) is 0 Å².